The average molecular weight is 188 g/mol. The van der Waals surface area contributed by atoms with E-state index in [1.807, 2.05) is 0 Å². The van der Waals surface area contributed by atoms with Crippen LogP contribution in [0.5, 0.6) is 0 Å². The van der Waals surface area contributed by atoms with Crippen LogP contribution in [-0.4, -0.2) is 30.2 Å². The van der Waals surface area contributed by atoms with Crippen LogP contribution in [0.25, 0.3) is 0 Å². The summed E-state index contributed by atoms with van der Waals surface area (Å²) in [6, 6.07) is 0. The molecule has 3 heteroatoms. The molecule has 0 aromatic rings. The molecule has 3 nitrogen and oxygen atoms in total. The van der Waals surface area contributed by atoms with Gasteiger partial charge in [-0.1, -0.05) is 6.92 Å². The lowest BCUT2D eigenvalue weighted by Crippen LogP contribution is -2.33. The molecule has 1 rings (SSSR count). The van der Waals surface area contributed by atoms with Gasteiger partial charge in [0.25, 0.3) is 0 Å². The minimum atomic E-state index is -1.04. The molecular formula is C10H20O3. The maximum absolute atomic E-state index is 9.34. The zero-order chi connectivity index (χ0) is 9.90. The van der Waals surface area contributed by atoms with E-state index >= 15 is 0 Å². The van der Waals surface area contributed by atoms with Crippen LogP contribution in [0.2, 0.25) is 0 Å². The highest BCUT2D eigenvalue weighted by Gasteiger charge is 2.22. The number of rotatable bonds is 3. The molecule has 13 heavy (non-hydrogen) atoms. The quantitative estimate of drug-likeness (QED) is 0.683. The first-order chi connectivity index (χ1) is 5.97. The summed E-state index contributed by atoms with van der Waals surface area (Å²) in [5.74, 6) is -0.325. The van der Waals surface area contributed by atoms with Gasteiger partial charge in [-0.05, 0) is 32.6 Å². The van der Waals surface area contributed by atoms with Gasteiger partial charge in [-0.15, -0.1) is 0 Å². The molecule has 1 fully saturated rings. The topological polar surface area (TPSA) is 38.7 Å². The Kier molecular flexibility index (Phi) is 3.71. The second-order valence-electron chi connectivity index (χ2n) is 4.38. The van der Waals surface area contributed by atoms with Crippen LogP contribution in [-0.2, 0) is 9.47 Å². The lowest BCUT2D eigenvalue weighted by molar-refractivity contribution is -0.200. The Balaban J connectivity index is 2.21. The predicted molar refractivity (Wildman–Crippen MR) is 50.4 cm³/mol. The van der Waals surface area contributed by atoms with Crippen molar-refractivity contribution in [1.29, 1.82) is 0 Å². The smallest absolute Gasteiger partial charge is 0.159 e. The van der Waals surface area contributed by atoms with E-state index < -0.39 is 5.79 Å². The molecule has 2 unspecified atom stereocenters. The Morgan fingerprint density at radius 3 is 2.77 bits per heavy atom. The second-order valence-corrected chi connectivity index (χ2v) is 4.38. The Labute approximate surface area is 80.0 Å². The largest absolute Gasteiger partial charge is 0.376 e. The van der Waals surface area contributed by atoms with Crippen LogP contribution in [0.15, 0.2) is 0 Å². The van der Waals surface area contributed by atoms with E-state index in [4.69, 9.17) is 9.47 Å². The van der Waals surface area contributed by atoms with Crippen molar-refractivity contribution in [3.8, 4) is 0 Å². The summed E-state index contributed by atoms with van der Waals surface area (Å²) < 4.78 is 10.8. The van der Waals surface area contributed by atoms with Gasteiger partial charge in [-0.3, -0.25) is 0 Å². The van der Waals surface area contributed by atoms with Crippen LogP contribution >= 0.6 is 0 Å². The summed E-state index contributed by atoms with van der Waals surface area (Å²) in [5.41, 5.74) is 0. The van der Waals surface area contributed by atoms with Gasteiger partial charge in [-0.2, -0.15) is 0 Å². The van der Waals surface area contributed by atoms with Gasteiger partial charge in [0.2, 0.25) is 0 Å². The molecule has 0 aliphatic carbocycles. The molecule has 1 saturated heterocycles. The minimum absolute atomic E-state index is 0.162. The molecule has 78 valence electrons. The zero-order valence-electron chi connectivity index (χ0n) is 8.75. The summed E-state index contributed by atoms with van der Waals surface area (Å²) >= 11 is 0. The molecule has 0 bridgehead atoms. The van der Waals surface area contributed by atoms with Crippen molar-refractivity contribution in [2.45, 2.75) is 45.5 Å². The van der Waals surface area contributed by atoms with Crippen LogP contribution < -0.4 is 0 Å². The van der Waals surface area contributed by atoms with Gasteiger partial charge >= 0.3 is 0 Å². The summed E-state index contributed by atoms with van der Waals surface area (Å²) in [4.78, 5) is 0. The highest BCUT2D eigenvalue weighted by Crippen LogP contribution is 2.20. The third-order valence-corrected chi connectivity index (χ3v) is 2.25. The third-order valence-electron chi connectivity index (χ3n) is 2.25. The maximum Gasteiger partial charge on any atom is 0.159 e. The molecule has 0 aromatic carbocycles. The Morgan fingerprint density at radius 1 is 1.54 bits per heavy atom. The van der Waals surface area contributed by atoms with E-state index in [1.165, 1.54) is 0 Å². The molecule has 0 radical (unpaired) electrons. The normalized spacial score (nSPS) is 30.5. The molecule has 0 aromatic heterocycles. The van der Waals surface area contributed by atoms with Gasteiger partial charge in [0.15, 0.2) is 5.79 Å². The van der Waals surface area contributed by atoms with E-state index in [9.17, 15) is 5.11 Å². The van der Waals surface area contributed by atoms with Crippen molar-refractivity contribution in [3.63, 3.8) is 0 Å². The summed E-state index contributed by atoms with van der Waals surface area (Å²) in [5, 5.41) is 9.34. The summed E-state index contributed by atoms with van der Waals surface area (Å²) in [6.07, 6.45) is 2.34. The van der Waals surface area contributed by atoms with E-state index in [-0.39, 0.29) is 6.10 Å². The first kappa shape index (κ1) is 11.0. The van der Waals surface area contributed by atoms with Gasteiger partial charge in [0.1, 0.15) is 0 Å². The monoisotopic (exact) mass is 188 g/mol. The van der Waals surface area contributed by atoms with Crippen molar-refractivity contribution >= 4 is 0 Å². The lowest BCUT2D eigenvalue weighted by Gasteiger charge is -2.29. The number of aliphatic hydroxyl groups is 1. The molecule has 1 heterocycles. The summed E-state index contributed by atoms with van der Waals surface area (Å²) in [7, 11) is 0. The highest BCUT2D eigenvalue weighted by atomic mass is 16.6. The van der Waals surface area contributed by atoms with Crippen molar-refractivity contribution in [2.75, 3.05) is 13.2 Å². The highest BCUT2D eigenvalue weighted by molar-refractivity contribution is 4.68. The van der Waals surface area contributed by atoms with E-state index in [0.717, 1.165) is 19.4 Å². The van der Waals surface area contributed by atoms with E-state index in [0.29, 0.717) is 12.5 Å². The first-order valence-electron chi connectivity index (χ1n) is 4.95. The fraction of sp³-hybridized carbons (Fsp3) is 1.00. The zero-order valence-corrected chi connectivity index (χ0v) is 8.75. The SMILES string of the molecule is CC1CCOC(COC(C)(C)O)C1. The van der Waals surface area contributed by atoms with Crippen molar-refractivity contribution in [2.24, 2.45) is 5.92 Å². The Hall–Kier alpha value is -0.120. The van der Waals surface area contributed by atoms with Crippen LogP contribution in [0.4, 0.5) is 0 Å². The average Bonchev–Trinajstić information content (AvgIpc) is 2.00. The van der Waals surface area contributed by atoms with Crippen molar-refractivity contribution in [1.82, 2.24) is 0 Å². The summed E-state index contributed by atoms with van der Waals surface area (Å²) in [6.45, 7) is 6.81. The molecule has 2 atom stereocenters. The van der Waals surface area contributed by atoms with Gasteiger partial charge in [0, 0.05) is 6.61 Å². The second kappa shape index (κ2) is 4.40. The molecule has 1 N–H and O–H groups in total. The molecule has 0 saturated carbocycles. The van der Waals surface area contributed by atoms with Crippen LogP contribution in [0, 0.1) is 5.92 Å². The number of hydrogen-bond donors (Lipinski definition) is 1. The molecule has 1 aliphatic heterocycles. The molecule has 1 aliphatic rings. The third kappa shape index (κ3) is 4.60. The Morgan fingerprint density at radius 2 is 2.23 bits per heavy atom. The fourth-order valence-corrected chi connectivity index (χ4v) is 1.48. The number of ether oxygens (including phenoxy) is 2. The fourth-order valence-electron chi connectivity index (χ4n) is 1.48. The molecule has 0 amide bonds. The van der Waals surface area contributed by atoms with E-state index in [1.54, 1.807) is 13.8 Å². The van der Waals surface area contributed by atoms with Crippen LogP contribution in [0.3, 0.4) is 0 Å². The van der Waals surface area contributed by atoms with Crippen molar-refractivity contribution in [3.05, 3.63) is 0 Å². The lowest BCUT2D eigenvalue weighted by atomic mass is 9.98. The predicted octanol–water partition coefficient (Wildman–Crippen LogP) is 1.55. The standard InChI is InChI=1S/C10H20O3/c1-8-4-5-12-9(6-8)7-13-10(2,3)11/h8-9,11H,4-7H2,1-3H3. The van der Waals surface area contributed by atoms with Gasteiger partial charge in [-0.25, -0.2) is 0 Å². The molecular weight excluding hydrogens is 168 g/mol. The van der Waals surface area contributed by atoms with Crippen LogP contribution in [0.1, 0.15) is 33.6 Å². The minimum Gasteiger partial charge on any atom is -0.376 e. The van der Waals surface area contributed by atoms with E-state index in [2.05, 4.69) is 6.92 Å². The van der Waals surface area contributed by atoms with Crippen molar-refractivity contribution < 1.29 is 14.6 Å². The Bertz CT molecular complexity index is 151. The first-order valence-corrected chi connectivity index (χ1v) is 4.95. The van der Waals surface area contributed by atoms with Gasteiger partial charge < -0.3 is 14.6 Å². The maximum atomic E-state index is 9.34. The molecule has 0 spiro atoms. The number of hydrogen-bond acceptors (Lipinski definition) is 3. The van der Waals surface area contributed by atoms with Gasteiger partial charge in [0.05, 0.1) is 12.7 Å².